The van der Waals surface area contributed by atoms with Crippen LogP contribution in [0.25, 0.3) is 11.2 Å². The van der Waals surface area contributed by atoms with Gasteiger partial charge in [-0.15, -0.1) is 0 Å². The van der Waals surface area contributed by atoms with Crippen LogP contribution in [0.15, 0.2) is 47.0 Å². The Balaban J connectivity index is 1.61. The number of hydrogen-bond donors (Lipinski definition) is 1. The number of hydrogen-bond acceptors (Lipinski definition) is 5. The van der Waals surface area contributed by atoms with Gasteiger partial charge in [0.2, 0.25) is 0 Å². The summed E-state index contributed by atoms with van der Waals surface area (Å²) in [5, 5.41) is 0. The van der Waals surface area contributed by atoms with E-state index in [1.165, 1.54) is 0 Å². The molecule has 0 aliphatic rings. The molecule has 2 aromatic heterocycles. The van der Waals surface area contributed by atoms with Crippen molar-refractivity contribution >= 4 is 16.9 Å². The van der Waals surface area contributed by atoms with Gasteiger partial charge in [0.25, 0.3) is 0 Å². The molecule has 96 valence electrons. The predicted molar refractivity (Wildman–Crippen MR) is 71.9 cm³/mol. The largest absolute Gasteiger partial charge is 0.493 e. The highest BCUT2D eigenvalue weighted by molar-refractivity contribution is 5.66. The van der Waals surface area contributed by atoms with Crippen LogP contribution in [0.2, 0.25) is 0 Å². The van der Waals surface area contributed by atoms with Crippen molar-refractivity contribution < 1.29 is 9.15 Å². The van der Waals surface area contributed by atoms with E-state index in [0.29, 0.717) is 30.1 Å². The monoisotopic (exact) mass is 255 g/mol. The van der Waals surface area contributed by atoms with Gasteiger partial charge in [0, 0.05) is 11.9 Å². The van der Waals surface area contributed by atoms with Gasteiger partial charge in [0.05, 0.1) is 13.0 Å². The Hall–Kier alpha value is -2.56. The average molecular weight is 255 g/mol. The topological polar surface area (TPSA) is 74.2 Å². The molecule has 0 aliphatic heterocycles. The first-order valence-electron chi connectivity index (χ1n) is 6.00. The highest BCUT2D eigenvalue weighted by Crippen LogP contribution is 2.15. The van der Waals surface area contributed by atoms with Gasteiger partial charge < -0.3 is 14.9 Å². The van der Waals surface area contributed by atoms with E-state index in [9.17, 15) is 0 Å². The summed E-state index contributed by atoms with van der Waals surface area (Å²) in [7, 11) is 0. The number of nitrogens with two attached hydrogens (primary N) is 1. The molecule has 0 bridgehead atoms. The van der Waals surface area contributed by atoms with E-state index in [2.05, 4.69) is 9.97 Å². The van der Waals surface area contributed by atoms with E-state index >= 15 is 0 Å². The Kier molecular flexibility index (Phi) is 3.02. The Morgan fingerprint density at radius 1 is 1.16 bits per heavy atom. The van der Waals surface area contributed by atoms with Crippen molar-refractivity contribution in [2.75, 3.05) is 12.3 Å². The molecule has 0 saturated heterocycles. The van der Waals surface area contributed by atoms with Crippen molar-refractivity contribution in [3.8, 4) is 5.75 Å². The first kappa shape index (κ1) is 11.5. The molecule has 0 amide bonds. The van der Waals surface area contributed by atoms with Gasteiger partial charge in [-0.3, -0.25) is 0 Å². The number of ether oxygens (including phenoxy) is 1. The summed E-state index contributed by atoms with van der Waals surface area (Å²) in [5.41, 5.74) is 7.65. The van der Waals surface area contributed by atoms with Gasteiger partial charge >= 0.3 is 0 Å². The zero-order valence-electron chi connectivity index (χ0n) is 10.2. The number of nitrogens with zero attached hydrogens (tertiary/aromatic N) is 2. The van der Waals surface area contributed by atoms with Crippen LogP contribution in [0.1, 0.15) is 5.89 Å². The first-order valence-corrected chi connectivity index (χ1v) is 6.00. The first-order chi connectivity index (χ1) is 9.31. The van der Waals surface area contributed by atoms with E-state index in [1.54, 1.807) is 18.3 Å². The third kappa shape index (κ3) is 2.65. The standard InChI is InChI=1S/C14H13N3O2/c15-10-3-5-11(6-4-10)18-9-7-13-17-14-12(19-13)2-1-8-16-14/h1-6,8H,7,9,15H2. The lowest BCUT2D eigenvalue weighted by atomic mass is 10.3. The van der Waals surface area contributed by atoms with Crippen LogP contribution >= 0.6 is 0 Å². The summed E-state index contributed by atoms with van der Waals surface area (Å²) in [6, 6.07) is 10.9. The Morgan fingerprint density at radius 3 is 2.79 bits per heavy atom. The number of fused-ring (bicyclic) bond motifs is 1. The molecule has 0 atom stereocenters. The zero-order valence-corrected chi connectivity index (χ0v) is 10.2. The number of rotatable bonds is 4. The fourth-order valence-corrected chi connectivity index (χ4v) is 1.74. The summed E-state index contributed by atoms with van der Waals surface area (Å²) in [6.45, 7) is 0.497. The minimum atomic E-state index is 0.497. The van der Waals surface area contributed by atoms with Gasteiger partial charge in [-0.1, -0.05) is 0 Å². The van der Waals surface area contributed by atoms with Crippen LogP contribution in [0, 0.1) is 0 Å². The molecule has 0 spiro atoms. The van der Waals surface area contributed by atoms with Crippen molar-refractivity contribution in [1.82, 2.24) is 9.97 Å². The lowest BCUT2D eigenvalue weighted by molar-refractivity contribution is 0.308. The molecule has 0 radical (unpaired) electrons. The van der Waals surface area contributed by atoms with Crippen molar-refractivity contribution in [3.63, 3.8) is 0 Å². The van der Waals surface area contributed by atoms with E-state index in [4.69, 9.17) is 14.9 Å². The molecule has 2 N–H and O–H groups in total. The molecule has 0 unspecified atom stereocenters. The smallest absolute Gasteiger partial charge is 0.200 e. The molecule has 0 aliphatic carbocycles. The number of oxazole rings is 1. The molecule has 2 heterocycles. The molecule has 0 saturated carbocycles. The molecule has 1 aromatic carbocycles. The zero-order chi connectivity index (χ0) is 13.1. The van der Waals surface area contributed by atoms with E-state index in [0.717, 1.165) is 11.4 Å². The average Bonchev–Trinajstić information content (AvgIpc) is 2.83. The van der Waals surface area contributed by atoms with Gasteiger partial charge in [-0.05, 0) is 36.4 Å². The van der Waals surface area contributed by atoms with Crippen LogP contribution in [0.3, 0.4) is 0 Å². The second-order valence-electron chi connectivity index (χ2n) is 4.10. The lowest BCUT2D eigenvalue weighted by Gasteiger charge is -2.04. The molecule has 3 rings (SSSR count). The third-order valence-electron chi connectivity index (χ3n) is 2.67. The quantitative estimate of drug-likeness (QED) is 0.725. The van der Waals surface area contributed by atoms with Crippen molar-refractivity contribution in [1.29, 1.82) is 0 Å². The summed E-state index contributed by atoms with van der Waals surface area (Å²) in [5.74, 6) is 1.41. The van der Waals surface area contributed by atoms with Crippen LogP contribution in [-0.4, -0.2) is 16.6 Å². The predicted octanol–water partition coefficient (Wildman–Crippen LogP) is 2.43. The number of benzene rings is 1. The highest BCUT2D eigenvalue weighted by Gasteiger charge is 2.05. The van der Waals surface area contributed by atoms with E-state index in [-0.39, 0.29) is 0 Å². The van der Waals surface area contributed by atoms with E-state index < -0.39 is 0 Å². The van der Waals surface area contributed by atoms with Gasteiger partial charge in [-0.2, -0.15) is 4.98 Å². The number of pyridine rings is 1. The second-order valence-corrected chi connectivity index (χ2v) is 4.10. The summed E-state index contributed by atoms with van der Waals surface area (Å²) >= 11 is 0. The van der Waals surface area contributed by atoms with Gasteiger partial charge in [0.15, 0.2) is 17.1 Å². The number of aromatic nitrogens is 2. The van der Waals surface area contributed by atoms with Crippen molar-refractivity contribution in [2.45, 2.75) is 6.42 Å². The Morgan fingerprint density at radius 2 is 2.00 bits per heavy atom. The maximum atomic E-state index is 5.60. The maximum Gasteiger partial charge on any atom is 0.200 e. The molecule has 3 aromatic rings. The molecular weight excluding hydrogens is 242 g/mol. The maximum absolute atomic E-state index is 5.60. The molecule has 5 heteroatoms. The summed E-state index contributed by atoms with van der Waals surface area (Å²) in [4.78, 5) is 8.40. The molecular formula is C14H13N3O2. The van der Waals surface area contributed by atoms with Crippen LogP contribution in [0.5, 0.6) is 5.75 Å². The number of anilines is 1. The highest BCUT2D eigenvalue weighted by atomic mass is 16.5. The Bertz CT molecular complexity index is 643. The van der Waals surface area contributed by atoms with Gasteiger partial charge in [-0.25, -0.2) is 4.98 Å². The van der Waals surface area contributed by atoms with Crippen LogP contribution < -0.4 is 10.5 Å². The molecule has 0 fully saturated rings. The van der Waals surface area contributed by atoms with E-state index in [1.807, 2.05) is 24.3 Å². The van der Waals surface area contributed by atoms with Crippen molar-refractivity contribution in [3.05, 3.63) is 48.5 Å². The second kappa shape index (κ2) is 4.97. The Labute approximate surface area is 110 Å². The normalized spacial score (nSPS) is 10.7. The molecule has 5 nitrogen and oxygen atoms in total. The summed E-state index contributed by atoms with van der Waals surface area (Å²) in [6.07, 6.45) is 2.29. The minimum Gasteiger partial charge on any atom is -0.493 e. The number of nitrogen functional groups attached to an aromatic ring is 1. The fraction of sp³-hybridized carbons (Fsp3) is 0.143. The molecule has 19 heavy (non-hydrogen) atoms. The minimum absolute atomic E-state index is 0.497. The summed E-state index contributed by atoms with van der Waals surface area (Å²) < 4.78 is 11.1. The fourth-order valence-electron chi connectivity index (χ4n) is 1.74. The van der Waals surface area contributed by atoms with Gasteiger partial charge in [0.1, 0.15) is 5.75 Å². The van der Waals surface area contributed by atoms with Crippen molar-refractivity contribution in [2.24, 2.45) is 0 Å². The SMILES string of the molecule is Nc1ccc(OCCc2nc3ncccc3o2)cc1. The van der Waals surface area contributed by atoms with Crippen LogP contribution in [0.4, 0.5) is 5.69 Å². The third-order valence-corrected chi connectivity index (χ3v) is 2.67. The lowest BCUT2D eigenvalue weighted by Crippen LogP contribution is -2.01. The van der Waals surface area contributed by atoms with Crippen LogP contribution in [-0.2, 0) is 6.42 Å².